The minimum atomic E-state index is 0.181. The summed E-state index contributed by atoms with van der Waals surface area (Å²) in [4.78, 5) is 19.8. The third kappa shape index (κ3) is 7.94. The molecule has 0 aliphatic carbocycles. The molecule has 0 radical (unpaired) electrons. The number of carbonyl (C=O) groups is 1. The van der Waals surface area contributed by atoms with E-state index in [-0.39, 0.29) is 5.91 Å². The first-order valence-corrected chi connectivity index (χ1v) is 15.3. The van der Waals surface area contributed by atoms with Gasteiger partial charge in [-0.15, -0.1) is 0 Å². The maximum absolute atomic E-state index is 12.8. The highest BCUT2D eigenvalue weighted by atomic mass is 32.2. The van der Waals surface area contributed by atoms with Crippen LogP contribution in [-0.4, -0.2) is 53.9 Å². The van der Waals surface area contributed by atoms with Crippen LogP contribution in [0.4, 0.5) is 0 Å². The average Bonchev–Trinajstić information content (AvgIpc) is 3.38. The molecule has 0 saturated carbocycles. The molecule has 0 atom stereocenters. The van der Waals surface area contributed by atoms with Gasteiger partial charge >= 0.3 is 0 Å². The van der Waals surface area contributed by atoms with E-state index in [1.807, 2.05) is 36.2 Å². The molecule has 0 N–H and O–H groups in total. The molecule has 0 aliphatic rings. The number of aromatic nitrogens is 2. The van der Waals surface area contributed by atoms with Crippen molar-refractivity contribution in [1.29, 1.82) is 0 Å². The molecular weight excluding hydrogens is 530 g/mol. The summed E-state index contributed by atoms with van der Waals surface area (Å²) in [6.45, 7) is 3.79. The highest BCUT2D eigenvalue weighted by Gasteiger charge is 2.20. The van der Waals surface area contributed by atoms with E-state index < -0.39 is 0 Å². The Kier molecular flexibility index (Phi) is 11.3. The van der Waals surface area contributed by atoms with E-state index in [0.29, 0.717) is 24.5 Å². The zero-order chi connectivity index (χ0) is 29.0. The molecular formula is C34H41N3O3S. The van der Waals surface area contributed by atoms with Crippen LogP contribution in [0.5, 0.6) is 11.5 Å². The van der Waals surface area contributed by atoms with Crippen LogP contribution in [0.3, 0.4) is 0 Å². The molecule has 0 saturated heterocycles. The number of hydrogen-bond donors (Lipinski definition) is 0. The summed E-state index contributed by atoms with van der Waals surface area (Å²) in [5, 5.41) is 1.04. The Morgan fingerprint density at radius 1 is 0.902 bits per heavy atom. The van der Waals surface area contributed by atoms with Crippen LogP contribution in [0.25, 0.3) is 22.5 Å². The van der Waals surface area contributed by atoms with Crippen LogP contribution >= 0.6 is 11.8 Å². The number of methoxy groups -OCH3 is 2. The molecule has 41 heavy (non-hydrogen) atoms. The minimum Gasteiger partial charge on any atom is -0.493 e. The second-order valence-electron chi connectivity index (χ2n) is 10.0. The van der Waals surface area contributed by atoms with Crippen molar-refractivity contribution in [3.63, 3.8) is 0 Å². The number of hydrogen-bond acceptors (Lipinski definition) is 5. The quantitative estimate of drug-likeness (QED) is 0.109. The largest absolute Gasteiger partial charge is 0.493 e. The monoisotopic (exact) mass is 571 g/mol. The zero-order valence-electron chi connectivity index (χ0n) is 24.6. The SMILES string of the molecule is CCCn1c(SCCCCC(=O)N(C)CCc2ccc(OC)c(OC)c2)nc(-c2ccccc2)c1-c1ccccc1. The molecule has 1 heterocycles. The maximum atomic E-state index is 12.8. The molecule has 4 rings (SSSR count). The highest BCUT2D eigenvalue weighted by Crippen LogP contribution is 2.36. The average molecular weight is 572 g/mol. The smallest absolute Gasteiger partial charge is 0.222 e. The van der Waals surface area contributed by atoms with Crippen molar-refractivity contribution in [2.24, 2.45) is 0 Å². The maximum Gasteiger partial charge on any atom is 0.222 e. The Morgan fingerprint density at radius 2 is 1.59 bits per heavy atom. The van der Waals surface area contributed by atoms with Crippen molar-refractivity contribution in [3.8, 4) is 34.0 Å². The van der Waals surface area contributed by atoms with Crippen molar-refractivity contribution in [1.82, 2.24) is 14.5 Å². The normalized spacial score (nSPS) is 10.9. The van der Waals surface area contributed by atoms with Gasteiger partial charge in [0.15, 0.2) is 16.7 Å². The van der Waals surface area contributed by atoms with E-state index in [1.165, 1.54) is 11.3 Å². The molecule has 3 aromatic carbocycles. The second-order valence-corrected chi connectivity index (χ2v) is 11.1. The van der Waals surface area contributed by atoms with Gasteiger partial charge in [-0.1, -0.05) is 85.4 Å². The number of unbranched alkanes of at least 4 members (excludes halogenated alkanes) is 1. The molecule has 1 amide bonds. The van der Waals surface area contributed by atoms with E-state index in [4.69, 9.17) is 14.5 Å². The van der Waals surface area contributed by atoms with Gasteiger partial charge in [0.2, 0.25) is 5.91 Å². The van der Waals surface area contributed by atoms with E-state index in [2.05, 4.69) is 66.1 Å². The lowest BCUT2D eigenvalue weighted by Crippen LogP contribution is -2.28. The van der Waals surface area contributed by atoms with Crippen LogP contribution in [0.1, 0.15) is 38.2 Å². The molecule has 216 valence electrons. The lowest BCUT2D eigenvalue weighted by molar-refractivity contribution is -0.129. The third-order valence-corrected chi connectivity index (χ3v) is 8.16. The number of likely N-dealkylation sites (N-methyl/N-ethyl adjacent to an activating group) is 1. The molecule has 0 spiro atoms. The predicted molar refractivity (Wildman–Crippen MR) is 169 cm³/mol. The number of carbonyl (C=O) groups excluding carboxylic acids is 1. The van der Waals surface area contributed by atoms with Gasteiger partial charge in [-0.3, -0.25) is 4.79 Å². The summed E-state index contributed by atoms with van der Waals surface area (Å²) in [7, 11) is 5.15. The van der Waals surface area contributed by atoms with Gasteiger partial charge in [0.05, 0.1) is 25.6 Å². The Bertz CT molecular complexity index is 1390. The highest BCUT2D eigenvalue weighted by molar-refractivity contribution is 7.99. The standard InChI is InChI=1S/C34H41N3O3S/c1-5-22-37-33(28-16-10-7-11-17-28)32(27-14-8-6-9-15-27)35-34(37)41-24-13-12-18-31(38)36(2)23-21-26-19-20-29(39-3)30(25-26)40-4/h6-11,14-17,19-20,25H,5,12-13,18,21-24H2,1-4H3. The van der Waals surface area contributed by atoms with Crippen molar-refractivity contribution in [2.45, 2.75) is 50.7 Å². The molecule has 0 bridgehead atoms. The van der Waals surface area contributed by atoms with Crippen LogP contribution in [0, 0.1) is 0 Å². The zero-order valence-corrected chi connectivity index (χ0v) is 25.5. The number of amides is 1. The summed E-state index contributed by atoms with van der Waals surface area (Å²) in [6, 6.07) is 26.9. The topological polar surface area (TPSA) is 56.6 Å². The predicted octanol–water partition coefficient (Wildman–Crippen LogP) is 7.61. The van der Waals surface area contributed by atoms with Crippen LogP contribution in [0.15, 0.2) is 84.0 Å². The molecule has 1 aromatic heterocycles. The summed E-state index contributed by atoms with van der Waals surface area (Å²) in [6.07, 6.45) is 4.17. The first kappa shape index (κ1) is 30.3. The van der Waals surface area contributed by atoms with Crippen LogP contribution in [-0.2, 0) is 17.8 Å². The lowest BCUT2D eigenvalue weighted by Gasteiger charge is -2.18. The van der Waals surface area contributed by atoms with Crippen molar-refractivity contribution in [2.75, 3.05) is 33.6 Å². The van der Waals surface area contributed by atoms with Gasteiger partial charge in [-0.2, -0.15) is 0 Å². The van der Waals surface area contributed by atoms with Gasteiger partial charge in [0.25, 0.3) is 0 Å². The number of nitrogens with zero attached hydrogens (tertiary/aromatic N) is 3. The molecule has 6 nitrogen and oxygen atoms in total. The molecule has 7 heteroatoms. The first-order valence-electron chi connectivity index (χ1n) is 14.3. The Morgan fingerprint density at radius 3 is 2.24 bits per heavy atom. The molecule has 0 unspecified atom stereocenters. The fourth-order valence-corrected chi connectivity index (χ4v) is 5.88. The molecule has 0 aliphatic heterocycles. The van der Waals surface area contributed by atoms with Gasteiger partial charge in [0, 0.05) is 43.4 Å². The van der Waals surface area contributed by atoms with Crippen molar-refractivity contribution >= 4 is 17.7 Å². The van der Waals surface area contributed by atoms with E-state index >= 15 is 0 Å². The molecule has 4 aromatic rings. The van der Waals surface area contributed by atoms with Crippen LogP contribution in [0.2, 0.25) is 0 Å². The van der Waals surface area contributed by atoms with Gasteiger partial charge in [0.1, 0.15) is 0 Å². The molecule has 0 fully saturated rings. The second kappa shape index (κ2) is 15.3. The van der Waals surface area contributed by atoms with Crippen molar-refractivity contribution < 1.29 is 14.3 Å². The first-order chi connectivity index (χ1) is 20.0. The minimum absolute atomic E-state index is 0.181. The van der Waals surface area contributed by atoms with E-state index in [0.717, 1.165) is 60.0 Å². The number of thioether (sulfide) groups is 1. The van der Waals surface area contributed by atoms with E-state index in [1.54, 1.807) is 26.0 Å². The van der Waals surface area contributed by atoms with Gasteiger partial charge < -0.3 is 18.9 Å². The summed E-state index contributed by atoms with van der Waals surface area (Å²) in [5.41, 5.74) is 5.63. The summed E-state index contributed by atoms with van der Waals surface area (Å²) in [5.74, 6) is 2.53. The Balaban J connectivity index is 1.33. The number of rotatable bonds is 15. The Hall–Kier alpha value is -3.71. The Labute approximate surface area is 248 Å². The fourth-order valence-electron chi connectivity index (χ4n) is 4.85. The van der Waals surface area contributed by atoms with Gasteiger partial charge in [-0.05, 0) is 43.4 Å². The van der Waals surface area contributed by atoms with Crippen molar-refractivity contribution in [3.05, 3.63) is 84.4 Å². The fraction of sp³-hybridized carbons (Fsp3) is 0.353. The number of imidazole rings is 1. The number of ether oxygens (including phenoxy) is 2. The lowest BCUT2D eigenvalue weighted by atomic mass is 10.0. The van der Waals surface area contributed by atoms with Crippen LogP contribution < -0.4 is 9.47 Å². The van der Waals surface area contributed by atoms with E-state index in [9.17, 15) is 4.79 Å². The third-order valence-electron chi connectivity index (χ3n) is 7.10. The number of benzene rings is 3. The summed E-state index contributed by atoms with van der Waals surface area (Å²) < 4.78 is 13.1. The van der Waals surface area contributed by atoms with Gasteiger partial charge in [-0.25, -0.2) is 4.98 Å². The summed E-state index contributed by atoms with van der Waals surface area (Å²) >= 11 is 1.79.